The minimum Gasteiger partial charge on any atom is -0.313 e. The predicted octanol–water partition coefficient (Wildman–Crippen LogP) is 2.94. The van der Waals surface area contributed by atoms with Gasteiger partial charge in [-0.05, 0) is 49.2 Å². The van der Waals surface area contributed by atoms with Crippen LogP contribution in [0.15, 0.2) is 47.5 Å². The van der Waals surface area contributed by atoms with Gasteiger partial charge in [0.1, 0.15) is 0 Å². The quantitative estimate of drug-likeness (QED) is 0.641. The summed E-state index contributed by atoms with van der Waals surface area (Å²) in [7, 11) is 0. The van der Waals surface area contributed by atoms with Crippen LogP contribution < -0.4 is 5.56 Å². The Morgan fingerprint density at radius 3 is 2.76 bits per heavy atom. The van der Waals surface area contributed by atoms with Crippen molar-refractivity contribution in [2.45, 2.75) is 13.8 Å². The fourth-order valence-electron chi connectivity index (χ4n) is 2.16. The van der Waals surface area contributed by atoms with Crippen LogP contribution in [0.5, 0.6) is 0 Å². The van der Waals surface area contributed by atoms with Crippen molar-refractivity contribution in [3.05, 3.63) is 75.3 Å². The summed E-state index contributed by atoms with van der Waals surface area (Å²) in [4.78, 5) is 18.3. The molecule has 0 atom stereocenters. The van der Waals surface area contributed by atoms with Crippen LogP contribution in [-0.4, -0.2) is 9.97 Å². The molecule has 1 N–H and O–H groups in total. The molecule has 102 valence electrons. The number of nitrogens with one attached hydrogen (secondary N) is 1. The van der Waals surface area contributed by atoms with Crippen LogP contribution in [0.1, 0.15) is 22.3 Å². The molecule has 1 aromatic heterocycles. The van der Waals surface area contributed by atoms with E-state index >= 15 is 0 Å². The van der Waals surface area contributed by atoms with Gasteiger partial charge in [0.05, 0.1) is 17.2 Å². The third-order valence-corrected chi connectivity index (χ3v) is 3.38. The summed E-state index contributed by atoms with van der Waals surface area (Å²) in [6.07, 6.45) is 1.41. The van der Waals surface area contributed by atoms with Crippen LogP contribution >= 0.6 is 0 Å². The Morgan fingerprint density at radius 2 is 1.90 bits per heavy atom. The molecule has 0 spiro atoms. The summed E-state index contributed by atoms with van der Waals surface area (Å²) >= 11 is 0. The van der Waals surface area contributed by atoms with Crippen LogP contribution in [0.4, 0.5) is 0 Å². The first-order valence-electron chi connectivity index (χ1n) is 6.70. The minimum atomic E-state index is -0.131. The van der Waals surface area contributed by atoms with Gasteiger partial charge in [-0.25, -0.2) is 4.98 Å². The van der Waals surface area contributed by atoms with E-state index in [0.717, 1.165) is 16.7 Å². The smallest absolute Gasteiger partial charge is 0.258 e. The van der Waals surface area contributed by atoms with Crippen LogP contribution in [0.25, 0.3) is 10.9 Å². The van der Waals surface area contributed by atoms with Gasteiger partial charge in [-0.2, -0.15) is 0 Å². The number of aromatic amines is 1. The van der Waals surface area contributed by atoms with Gasteiger partial charge in [0.2, 0.25) is 0 Å². The minimum absolute atomic E-state index is 0.131. The van der Waals surface area contributed by atoms with E-state index in [4.69, 9.17) is 0 Å². The number of rotatable bonds is 0. The average molecular weight is 274 g/mol. The molecule has 0 aliphatic rings. The maximum Gasteiger partial charge on any atom is 0.258 e. The zero-order valence-electron chi connectivity index (χ0n) is 11.9. The molecule has 0 amide bonds. The van der Waals surface area contributed by atoms with Crippen LogP contribution in [0, 0.1) is 25.7 Å². The lowest BCUT2D eigenvalue weighted by atomic mass is 10.1. The number of benzene rings is 2. The number of aromatic nitrogens is 2. The van der Waals surface area contributed by atoms with Gasteiger partial charge in [0.25, 0.3) is 5.56 Å². The number of fused-ring (bicyclic) bond motifs is 1. The molecule has 0 saturated carbocycles. The van der Waals surface area contributed by atoms with Gasteiger partial charge in [-0.15, -0.1) is 0 Å². The van der Waals surface area contributed by atoms with Crippen molar-refractivity contribution in [3.8, 4) is 11.8 Å². The van der Waals surface area contributed by atoms with Crippen molar-refractivity contribution >= 4 is 10.9 Å². The highest BCUT2D eigenvalue weighted by molar-refractivity contribution is 5.78. The van der Waals surface area contributed by atoms with Gasteiger partial charge in [0, 0.05) is 11.1 Å². The highest BCUT2D eigenvalue weighted by atomic mass is 16.1. The van der Waals surface area contributed by atoms with Crippen LogP contribution in [-0.2, 0) is 0 Å². The maximum absolute atomic E-state index is 11.6. The summed E-state index contributed by atoms with van der Waals surface area (Å²) in [6.45, 7) is 4.10. The van der Waals surface area contributed by atoms with Gasteiger partial charge in [-0.1, -0.05) is 24.0 Å². The van der Waals surface area contributed by atoms with E-state index in [9.17, 15) is 4.79 Å². The molecule has 0 unspecified atom stereocenters. The van der Waals surface area contributed by atoms with E-state index in [1.807, 2.05) is 19.1 Å². The lowest BCUT2D eigenvalue weighted by Crippen LogP contribution is -2.05. The Balaban J connectivity index is 2.05. The molecule has 3 nitrogen and oxygen atoms in total. The fraction of sp³-hybridized carbons (Fsp3) is 0.111. The first-order chi connectivity index (χ1) is 10.1. The van der Waals surface area contributed by atoms with Crippen molar-refractivity contribution < 1.29 is 0 Å². The Labute approximate surface area is 122 Å². The van der Waals surface area contributed by atoms with Gasteiger partial charge in [0.15, 0.2) is 0 Å². The fourth-order valence-corrected chi connectivity index (χ4v) is 2.16. The molecule has 2 aromatic carbocycles. The Bertz CT molecular complexity index is 943. The monoisotopic (exact) mass is 274 g/mol. The van der Waals surface area contributed by atoms with E-state index in [1.54, 1.807) is 6.07 Å². The second-order valence-electron chi connectivity index (χ2n) is 5.03. The predicted molar refractivity (Wildman–Crippen MR) is 84.3 cm³/mol. The standard InChI is InChI=1S/C18H14N2O/c1-12-3-4-13(2)15(9-12)7-5-14-6-8-16-17(10-14)19-11-20-18(16)21/h3-4,6,8-11H,1-2H3,(H,19,20,21). The third-order valence-electron chi connectivity index (χ3n) is 3.38. The SMILES string of the molecule is Cc1ccc(C)c(C#Cc2ccc3c(=O)[nH]cnc3c2)c1. The summed E-state index contributed by atoms with van der Waals surface area (Å²) in [6, 6.07) is 11.7. The Morgan fingerprint density at radius 1 is 1.05 bits per heavy atom. The first-order valence-corrected chi connectivity index (χ1v) is 6.70. The molecule has 0 aliphatic heterocycles. The van der Waals surface area contributed by atoms with Crippen molar-refractivity contribution in [2.24, 2.45) is 0 Å². The lowest BCUT2D eigenvalue weighted by Gasteiger charge is -1.99. The Kier molecular flexibility index (Phi) is 3.29. The molecule has 0 radical (unpaired) electrons. The molecular weight excluding hydrogens is 260 g/mol. The topological polar surface area (TPSA) is 45.8 Å². The van der Waals surface area contributed by atoms with E-state index in [0.29, 0.717) is 10.9 Å². The molecule has 0 aliphatic carbocycles. The normalized spacial score (nSPS) is 10.2. The third kappa shape index (κ3) is 2.70. The van der Waals surface area contributed by atoms with E-state index < -0.39 is 0 Å². The number of hydrogen-bond acceptors (Lipinski definition) is 2. The Hall–Kier alpha value is -2.86. The highest BCUT2D eigenvalue weighted by Crippen LogP contribution is 2.11. The van der Waals surface area contributed by atoms with Gasteiger partial charge >= 0.3 is 0 Å². The van der Waals surface area contributed by atoms with Crippen molar-refractivity contribution in [2.75, 3.05) is 0 Å². The second-order valence-corrected chi connectivity index (χ2v) is 5.03. The zero-order chi connectivity index (χ0) is 14.8. The lowest BCUT2D eigenvalue weighted by molar-refractivity contribution is 1.17. The van der Waals surface area contributed by atoms with Gasteiger partial charge in [-0.3, -0.25) is 4.79 Å². The largest absolute Gasteiger partial charge is 0.313 e. The molecular formula is C18H14N2O. The van der Waals surface area contributed by atoms with Crippen molar-refractivity contribution in [1.82, 2.24) is 9.97 Å². The molecule has 0 bridgehead atoms. The summed E-state index contributed by atoms with van der Waals surface area (Å²) in [5.74, 6) is 6.32. The van der Waals surface area contributed by atoms with Crippen molar-refractivity contribution in [3.63, 3.8) is 0 Å². The first kappa shape index (κ1) is 13.1. The van der Waals surface area contributed by atoms with E-state index in [2.05, 4.69) is 46.9 Å². The number of aryl methyl sites for hydroxylation is 2. The molecule has 0 fully saturated rings. The summed E-state index contributed by atoms with van der Waals surface area (Å²) < 4.78 is 0. The van der Waals surface area contributed by atoms with E-state index in [1.165, 1.54) is 11.9 Å². The average Bonchev–Trinajstić information content (AvgIpc) is 2.48. The summed E-state index contributed by atoms with van der Waals surface area (Å²) in [5, 5.41) is 0.579. The maximum atomic E-state index is 11.6. The van der Waals surface area contributed by atoms with Crippen LogP contribution in [0.2, 0.25) is 0 Å². The molecule has 3 aromatic rings. The highest BCUT2D eigenvalue weighted by Gasteiger charge is 1.99. The van der Waals surface area contributed by atoms with Crippen LogP contribution in [0.3, 0.4) is 0 Å². The van der Waals surface area contributed by atoms with Crippen molar-refractivity contribution in [1.29, 1.82) is 0 Å². The molecule has 3 rings (SSSR count). The number of H-pyrrole nitrogens is 1. The summed E-state index contributed by atoms with van der Waals surface area (Å²) in [5.41, 5.74) is 4.75. The number of nitrogens with zero attached hydrogens (tertiary/aromatic N) is 1. The zero-order valence-corrected chi connectivity index (χ0v) is 11.9. The molecule has 1 heterocycles. The molecule has 3 heteroatoms. The molecule has 0 saturated heterocycles. The number of hydrogen-bond donors (Lipinski definition) is 1. The second kappa shape index (κ2) is 5.26. The van der Waals surface area contributed by atoms with Gasteiger partial charge < -0.3 is 4.98 Å². The molecule has 21 heavy (non-hydrogen) atoms. The van der Waals surface area contributed by atoms with E-state index in [-0.39, 0.29) is 5.56 Å².